The van der Waals surface area contributed by atoms with Crippen molar-refractivity contribution in [3.05, 3.63) is 29.2 Å². The van der Waals surface area contributed by atoms with Gasteiger partial charge < -0.3 is 7.96 Å². The minimum atomic E-state index is 0. The van der Waals surface area contributed by atoms with Crippen LogP contribution in [0.1, 0.15) is 2.85 Å². The first-order valence-corrected chi connectivity index (χ1v) is 2.45. The smallest absolute Gasteiger partial charge is 1.00 e. The zero-order valence-electron chi connectivity index (χ0n) is 7.32. The van der Waals surface area contributed by atoms with Crippen molar-refractivity contribution in [3.8, 4) is 5.75 Å². The molecule has 1 N–H and O–H groups in total. The zero-order valence-corrected chi connectivity index (χ0v) is 6.73. The summed E-state index contributed by atoms with van der Waals surface area (Å²) in [5, 5.41) is 11.4. The van der Waals surface area contributed by atoms with Crippen LogP contribution in [0.15, 0.2) is 29.4 Å². The predicted octanol–water partition coefficient (Wildman–Crippen LogP) is 1.63. The van der Waals surface area contributed by atoms with Crippen LogP contribution in [-0.2, 0) is 0 Å². The van der Waals surface area contributed by atoms with Crippen LogP contribution in [0.2, 0.25) is 0 Å². The van der Waals surface area contributed by atoms with E-state index in [4.69, 9.17) is 5.11 Å². The Hall–Kier alpha value is -0.614. The Morgan fingerprint density at radius 1 is 1.30 bits per heavy atom. The van der Waals surface area contributed by atoms with Crippen LogP contribution in [0, 0.1) is 4.91 Å². The van der Waals surface area contributed by atoms with Crippen LogP contribution in [0.4, 0.5) is 5.69 Å². The molecule has 0 heterocycles. The molecule has 0 spiro atoms. The fourth-order valence-corrected chi connectivity index (χ4v) is 0.513. The second kappa shape index (κ2) is 4.24. The third kappa shape index (κ3) is 2.32. The Labute approximate surface area is 77.2 Å². The molecule has 0 amide bonds. The number of benzene rings is 1. The van der Waals surface area contributed by atoms with Crippen molar-refractivity contribution < 1.29 is 7.96 Å². The summed E-state index contributed by atoms with van der Waals surface area (Å²) in [5.41, 5.74) is 0.327. The van der Waals surface area contributed by atoms with Gasteiger partial charge in [0.2, 0.25) is 0 Å². The molecule has 0 fully saturated rings. The van der Waals surface area contributed by atoms with Crippen LogP contribution in [0.25, 0.3) is 0 Å². The molecule has 50 valence electrons. The predicted molar refractivity (Wildman–Crippen MR) is 41.5 cm³/mol. The summed E-state index contributed by atoms with van der Waals surface area (Å²) in [7, 11) is 0. The van der Waals surface area contributed by atoms with E-state index in [0.717, 1.165) is 0 Å². The second-order valence-corrected chi connectivity index (χ2v) is 1.61. The Kier molecular flexibility index (Phi) is 3.98. The Morgan fingerprint density at radius 2 is 1.80 bits per heavy atom. The third-order valence-electron chi connectivity index (χ3n) is 0.955. The maximum Gasteiger partial charge on any atom is 2.00 e. The van der Waals surface area contributed by atoms with Gasteiger partial charge in [-0.3, -0.25) is 0 Å². The van der Waals surface area contributed by atoms with E-state index < -0.39 is 0 Å². The molecule has 3 nitrogen and oxygen atoms in total. The molecular weight excluding hydrogens is 142 g/mol. The minimum Gasteiger partial charge on any atom is -1.00 e. The van der Waals surface area contributed by atoms with Crippen LogP contribution >= 0.6 is 0 Å². The van der Waals surface area contributed by atoms with Gasteiger partial charge >= 0.3 is 23.1 Å². The first-order chi connectivity index (χ1) is 4.33. The van der Waals surface area contributed by atoms with E-state index in [1.54, 1.807) is 0 Å². The number of hydrogen-bond donors (Lipinski definition) is 1. The third-order valence-corrected chi connectivity index (χ3v) is 0.955. The average molecular weight is 149 g/mol. The van der Waals surface area contributed by atoms with Gasteiger partial charge in [0.25, 0.3) is 0 Å². The number of phenols is 1. The molecule has 0 saturated carbocycles. The van der Waals surface area contributed by atoms with Gasteiger partial charge in [0.15, 0.2) is 0 Å². The largest absolute Gasteiger partial charge is 2.00 e. The molecule has 1 rings (SSSR count). The molecule has 0 atom stereocenters. The summed E-state index contributed by atoms with van der Waals surface area (Å²) in [5.74, 6) is 0.141. The van der Waals surface area contributed by atoms with Crippen molar-refractivity contribution >= 4 is 28.7 Å². The van der Waals surface area contributed by atoms with Gasteiger partial charge in [0.1, 0.15) is 11.4 Å². The van der Waals surface area contributed by atoms with Crippen molar-refractivity contribution in [2.45, 2.75) is 0 Å². The normalized spacial score (nSPS) is 8.00. The van der Waals surface area contributed by atoms with E-state index in [-0.39, 0.29) is 31.7 Å². The summed E-state index contributed by atoms with van der Waals surface area (Å²) < 4.78 is 0. The van der Waals surface area contributed by atoms with Gasteiger partial charge in [-0.25, -0.2) is 0 Å². The van der Waals surface area contributed by atoms with Crippen LogP contribution in [0.3, 0.4) is 0 Å². The van der Waals surface area contributed by atoms with Gasteiger partial charge in [0, 0.05) is 0 Å². The van der Waals surface area contributed by atoms with Gasteiger partial charge in [-0.2, -0.15) is 0 Å². The van der Waals surface area contributed by atoms with Crippen molar-refractivity contribution in [1.29, 1.82) is 0 Å². The van der Waals surface area contributed by atoms with E-state index >= 15 is 0 Å². The molecule has 1 aromatic rings. The summed E-state index contributed by atoms with van der Waals surface area (Å²) in [6, 6.07) is 5.72. The van der Waals surface area contributed by atoms with Gasteiger partial charge in [-0.1, -0.05) is 0 Å². The monoisotopic (exact) mass is 149 g/mol. The fourth-order valence-electron chi connectivity index (χ4n) is 0.513. The maximum atomic E-state index is 9.79. The molecule has 0 aliphatic rings. The van der Waals surface area contributed by atoms with Gasteiger partial charge in [-0.05, 0) is 29.4 Å². The molecule has 0 aliphatic heterocycles. The van der Waals surface area contributed by atoms with Crippen LogP contribution in [0.5, 0.6) is 5.75 Å². The number of aromatic hydroxyl groups is 1. The molecule has 0 radical (unpaired) electrons. The van der Waals surface area contributed by atoms with Crippen molar-refractivity contribution in [3.63, 3.8) is 0 Å². The van der Waals surface area contributed by atoms with E-state index in [2.05, 4.69) is 5.18 Å². The summed E-state index contributed by atoms with van der Waals surface area (Å²) in [6.45, 7) is 0. The van der Waals surface area contributed by atoms with Gasteiger partial charge in [0.05, 0.1) is 0 Å². The molecule has 1 aromatic carbocycles. The number of hydrogen-bond acceptors (Lipinski definition) is 3. The molecule has 0 aromatic heterocycles. The summed E-state index contributed by atoms with van der Waals surface area (Å²) in [6.07, 6.45) is 0. The standard InChI is InChI=1S/C6H5NO2.Mg.2H/c8-6-3-1-5(7-9)2-4-6;;;/h1-4,8H;;;/q;+2;2*-1. The average Bonchev–Trinajstić information content (AvgIpc) is 1.90. The first-order valence-electron chi connectivity index (χ1n) is 2.45. The number of nitroso groups, excluding NO2 is 1. The zero-order chi connectivity index (χ0) is 6.69. The molecular formula is C6H7MgNO2. The Bertz CT molecular complexity index is 217. The van der Waals surface area contributed by atoms with Crippen molar-refractivity contribution in [1.82, 2.24) is 0 Å². The second-order valence-electron chi connectivity index (χ2n) is 1.61. The van der Waals surface area contributed by atoms with E-state index in [9.17, 15) is 4.91 Å². The van der Waals surface area contributed by atoms with Crippen molar-refractivity contribution in [2.24, 2.45) is 5.18 Å². The SMILES string of the molecule is O=Nc1ccc(O)cc1.[H-].[H-].[Mg+2]. The van der Waals surface area contributed by atoms with E-state index in [1.165, 1.54) is 24.3 Å². The summed E-state index contributed by atoms with van der Waals surface area (Å²) >= 11 is 0. The molecule has 4 heteroatoms. The van der Waals surface area contributed by atoms with Crippen LogP contribution < -0.4 is 0 Å². The number of nitrogens with zero attached hydrogens (tertiary/aromatic N) is 1. The number of rotatable bonds is 1. The van der Waals surface area contributed by atoms with Crippen LogP contribution in [-0.4, -0.2) is 28.2 Å². The quantitative estimate of drug-likeness (QED) is 0.487. The Balaban J connectivity index is -0.000000270. The topological polar surface area (TPSA) is 49.7 Å². The molecule has 10 heavy (non-hydrogen) atoms. The molecule has 0 saturated heterocycles. The van der Waals surface area contributed by atoms with E-state index in [0.29, 0.717) is 5.69 Å². The maximum absolute atomic E-state index is 9.79. The molecule has 0 bridgehead atoms. The summed E-state index contributed by atoms with van der Waals surface area (Å²) in [4.78, 5) is 9.79. The molecule has 0 aliphatic carbocycles. The minimum absolute atomic E-state index is 0. The number of phenolic OH excluding ortho intramolecular Hbond substituents is 1. The first kappa shape index (κ1) is 9.39. The van der Waals surface area contributed by atoms with E-state index in [1.807, 2.05) is 0 Å². The molecule has 0 unspecified atom stereocenters. The fraction of sp³-hybridized carbons (Fsp3) is 0. The van der Waals surface area contributed by atoms with Gasteiger partial charge in [-0.15, -0.1) is 4.91 Å². The Morgan fingerprint density at radius 3 is 2.20 bits per heavy atom. The van der Waals surface area contributed by atoms with Crippen molar-refractivity contribution in [2.75, 3.05) is 0 Å².